The molecule has 0 aliphatic heterocycles. The average molecular weight is 262 g/mol. The van der Waals surface area contributed by atoms with E-state index in [0.717, 1.165) is 24.0 Å². The van der Waals surface area contributed by atoms with Gasteiger partial charge in [0.1, 0.15) is 0 Å². The highest BCUT2D eigenvalue weighted by Crippen LogP contribution is 2.41. The maximum atomic E-state index is 11.7. The van der Waals surface area contributed by atoms with Gasteiger partial charge in [-0.15, -0.1) is 0 Å². The number of benzene rings is 1. The van der Waals surface area contributed by atoms with E-state index in [1.807, 2.05) is 24.3 Å². The summed E-state index contributed by atoms with van der Waals surface area (Å²) in [4.78, 5) is 11.7. The van der Waals surface area contributed by atoms with Gasteiger partial charge in [-0.25, -0.2) is 0 Å². The molecule has 0 radical (unpaired) electrons. The summed E-state index contributed by atoms with van der Waals surface area (Å²) < 4.78 is 0. The van der Waals surface area contributed by atoms with Crippen molar-refractivity contribution >= 4 is 5.97 Å². The van der Waals surface area contributed by atoms with E-state index in [9.17, 15) is 15.0 Å². The number of hydrogen-bond donors (Lipinski definition) is 2. The molecule has 0 spiro atoms. The van der Waals surface area contributed by atoms with Crippen LogP contribution in [0.2, 0.25) is 0 Å². The summed E-state index contributed by atoms with van der Waals surface area (Å²) in [6.45, 7) is 3.53. The second-order valence-corrected chi connectivity index (χ2v) is 6.28. The van der Waals surface area contributed by atoms with Crippen molar-refractivity contribution in [1.29, 1.82) is 0 Å². The summed E-state index contributed by atoms with van der Waals surface area (Å²) in [7, 11) is 0. The van der Waals surface area contributed by atoms with E-state index in [-0.39, 0.29) is 0 Å². The molecule has 0 heterocycles. The molecule has 3 heteroatoms. The number of carbonyl (C=O) groups is 1. The number of rotatable bonds is 4. The molecule has 3 nitrogen and oxygen atoms in total. The van der Waals surface area contributed by atoms with E-state index in [1.54, 1.807) is 13.8 Å². The zero-order valence-electron chi connectivity index (χ0n) is 11.6. The van der Waals surface area contributed by atoms with Crippen molar-refractivity contribution in [1.82, 2.24) is 0 Å². The Labute approximate surface area is 114 Å². The maximum Gasteiger partial charge on any atom is 0.314 e. The number of carboxylic acids is 1. The van der Waals surface area contributed by atoms with E-state index in [4.69, 9.17) is 0 Å². The van der Waals surface area contributed by atoms with Gasteiger partial charge in [-0.05, 0) is 37.8 Å². The molecular weight excluding hydrogens is 240 g/mol. The van der Waals surface area contributed by atoms with Gasteiger partial charge in [0, 0.05) is 6.42 Å². The molecule has 0 atom stereocenters. The van der Waals surface area contributed by atoms with Crippen LogP contribution in [0.5, 0.6) is 0 Å². The van der Waals surface area contributed by atoms with Gasteiger partial charge >= 0.3 is 5.97 Å². The van der Waals surface area contributed by atoms with E-state index >= 15 is 0 Å². The Morgan fingerprint density at radius 3 is 2.47 bits per heavy atom. The molecule has 1 aromatic rings. The summed E-state index contributed by atoms with van der Waals surface area (Å²) in [5.41, 5.74) is 0.400. The molecule has 0 saturated heterocycles. The first-order valence-corrected chi connectivity index (χ1v) is 6.89. The fourth-order valence-electron chi connectivity index (χ4n) is 3.08. The van der Waals surface area contributed by atoms with Gasteiger partial charge in [0.2, 0.25) is 0 Å². The van der Waals surface area contributed by atoms with Crippen LogP contribution in [-0.4, -0.2) is 21.8 Å². The predicted octanol–water partition coefficient (Wildman–Crippen LogP) is 2.90. The molecule has 2 N–H and O–H groups in total. The van der Waals surface area contributed by atoms with Crippen LogP contribution in [0.25, 0.3) is 0 Å². The molecule has 1 aromatic carbocycles. The first-order chi connectivity index (χ1) is 8.83. The van der Waals surface area contributed by atoms with Gasteiger partial charge in [-0.2, -0.15) is 0 Å². The highest BCUT2D eigenvalue weighted by Gasteiger charge is 2.42. The van der Waals surface area contributed by atoms with Gasteiger partial charge < -0.3 is 10.2 Å². The highest BCUT2D eigenvalue weighted by atomic mass is 16.4. The minimum absolute atomic E-state index is 0.538. The monoisotopic (exact) mass is 262 g/mol. The lowest BCUT2D eigenvalue weighted by Gasteiger charge is -2.25. The van der Waals surface area contributed by atoms with Crippen molar-refractivity contribution in [3.8, 4) is 0 Å². The van der Waals surface area contributed by atoms with Crippen LogP contribution in [0, 0.1) is 0 Å². The van der Waals surface area contributed by atoms with Crippen molar-refractivity contribution in [3.05, 3.63) is 35.4 Å². The molecule has 1 fully saturated rings. The van der Waals surface area contributed by atoms with E-state index in [1.165, 1.54) is 0 Å². The Morgan fingerprint density at radius 1 is 1.32 bits per heavy atom. The average Bonchev–Trinajstić information content (AvgIpc) is 2.77. The third-order valence-electron chi connectivity index (χ3n) is 3.98. The van der Waals surface area contributed by atoms with Crippen molar-refractivity contribution in [2.24, 2.45) is 0 Å². The molecule has 2 rings (SSSR count). The first kappa shape index (κ1) is 14.1. The van der Waals surface area contributed by atoms with Gasteiger partial charge in [-0.1, -0.05) is 37.1 Å². The lowest BCUT2D eigenvalue weighted by atomic mass is 9.78. The molecule has 1 saturated carbocycles. The quantitative estimate of drug-likeness (QED) is 0.877. The zero-order chi connectivity index (χ0) is 14.1. The van der Waals surface area contributed by atoms with E-state index in [0.29, 0.717) is 19.3 Å². The molecule has 0 bridgehead atoms. The molecule has 19 heavy (non-hydrogen) atoms. The summed E-state index contributed by atoms with van der Waals surface area (Å²) in [6, 6.07) is 7.72. The summed E-state index contributed by atoms with van der Waals surface area (Å²) >= 11 is 0. The summed E-state index contributed by atoms with van der Waals surface area (Å²) in [6.07, 6.45) is 3.92. The molecule has 104 valence electrons. The van der Waals surface area contributed by atoms with Gasteiger partial charge in [0.15, 0.2) is 0 Å². The molecular formula is C16H22O3. The minimum atomic E-state index is -0.773. The number of aliphatic hydroxyl groups is 1. The van der Waals surface area contributed by atoms with E-state index in [2.05, 4.69) is 0 Å². The lowest BCUT2D eigenvalue weighted by Crippen LogP contribution is -2.32. The van der Waals surface area contributed by atoms with Crippen LogP contribution in [0.15, 0.2) is 24.3 Å². The second kappa shape index (κ2) is 4.97. The topological polar surface area (TPSA) is 57.5 Å². The largest absolute Gasteiger partial charge is 0.481 e. The fourth-order valence-corrected chi connectivity index (χ4v) is 3.08. The van der Waals surface area contributed by atoms with Crippen LogP contribution in [0.1, 0.15) is 50.7 Å². The first-order valence-electron chi connectivity index (χ1n) is 6.89. The second-order valence-electron chi connectivity index (χ2n) is 6.28. The molecule has 0 amide bonds. The Hall–Kier alpha value is -1.35. The molecule has 0 unspecified atom stereocenters. The molecule has 0 aromatic heterocycles. The third kappa shape index (κ3) is 2.98. The molecule has 1 aliphatic rings. The fraction of sp³-hybridized carbons (Fsp3) is 0.562. The van der Waals surface area contributed by atoms with Crippen molar-refractivity contribution in [2.45, 2.75) is 57.0 Å². The number of carboxylic acid groups (broad SMARTS) is 1. The Morgan fingerprint density at radius 2 is 1.95 bits per heavy atom. The SMILES string of the molecule is CC(C)(O)Cc1cccc(C2(C(=O)O)CCCC2)c1. The predicted molar refractivity (Wildman–Crippen MR) is 74.2 cm³/mol. The van der Waals surface area contributed by atoms with Gasteiger partial charge in [-0.3, -0.25) is 4.79 Å². The third-order valence-corrected chi connectivity index (χ3v) is 3.98. The van der Waals surface area contributed by atoms with Crippen LogP contribution in [-0.2, 0) is 16.6 Å². The standard InChI is InChI=1S/C16H22O3/c1-15(2,19)11-12-6-5-7-13(10-12)16(14(17)18)8-3-4-9-16/h5-7,10,19H,3-4,8-9,11H2,1-2H3,(H,17,18). The number of hydrogen-bond acceptors (Lipinski definition) is 2. The van der Waals surface area contributed by atoms with Crippen molar-refractivity contribution in [3.63, 3.8) is 0 Å². The van der Waals surface area contributed by atoms with Crippen molar-refractivity contribution < 1.29 is 15.0 Å². The Balaban J connectivity index is 2.34. The van der Waals surface area contributed by atoms with Crippen LogP contribution in [0.4, 0.5) is 0 Å². The summed E-state index contributed by atoms with van der Waals surface area (Å²) in [5, 5.41) is 19.5. The lowest BCUT2D eigenvalue weighted by molar-refractivity contribution is -0.143. The highest BCUT2D eigenvalue weighted by molar-refractivity contribution is 5.81. The smallest absolute Gasteiger partial charge is 0.314 e. The Kier molecular flexibility index (Phi) is 3.68. The van der Waals surface area contributed by atoms with E-state index < -0.39 is 17.0 Å². The van der Waals surface area contributed by atoms with Crippen molar-refractivity contribution in [2.75, 3.05) is 0 Å². The van der Waals surface area contributed by atoms with Crippen LogP contribution in [0.3, 0.4) is 0 Å². The molecule has 1 aliphatic carbocycles. The van der Waals surface area contributed by atoms with Gasteiger partial charge in [0.05, 0.1) is 11.0 Å². The Bertz CT molecular complexity index is 465. The summed E-state index contributed by atoms with van der Waals surface area (Å²) in [5.74, 6) is -0.717. The van der Waals surface area contributed by atoms with Gasteiger partial charge in [0.25, 0.3) is 0 Å². The van der Waals surface area contributed by atoms with Crippen LogP contribution >= 0.6 is 0 Å². The van der Waals surface area contributed by atoms with Crippen LogP contribution < -0.4 is 0 Å². The number of aliphatic carboxylic acids is 1. The maximum absolute atomic E-state index is 11.7. The minimum Gasteiger partial charge on any atom is -0.481 e. The normalized spacial score (nSPS) is 18.5. The zero-order valence-corrected chi connectivity index (χ0v) is 11.6.